The molecule has 1 amide bonds. The lowest BCUT2D eigenvalue weighted by atomic mass is 10.1. The zero-order valence-corrected chi connectivity index (χ0v) is 18.3. The molecule has 0 fully saturated rings. The lowest BCUT2D eigenvalue weighted by Crippen LogP contribution is -2.28. The van der Waals surface area contributed by atoms with E-state index in [0.29, 0.717) is 18.1 Å². The molecule has 10 heteroatoms. The second-order valence-corrected chi connectivity index (χ2v) is 9.59. The minimum absolute atomic E-state index is 0.0675. The molecule has 0 saturated heterocycles. The summed E-state index contributed by atoms with van der Waals surface area (Å²) in [5.74, 6) is 0.122. The summed E-state index contributed by atoms with van der Waals surface area (Å²) in [7, 11) is -3.81. The molecule has 162 valence electrons. The van der Waals surface area contributed by atoms with Crippen LogP contribution in [-0.2, 0) is 34.5 Å². The van der Waals surface area contributed by atoms with Crippen LogP contribution in [0, 0.1) is 0 Å². The number of carbonyl (C=O) groups excluding carboxylic acids is 1. The van der Waals surface area contributed by atoms with Gasteiger partial charge in [-0.15, -0.1) is 0 Å². The zero-order valence-electron chi connectivity index (χ0n) is 16.8. The molecule has 3 heterocycles. The lowest BCUT2D eigenvalue weighted by Gasteiger charge is -2.16. The molecule has 32 heavy (non-hydrogen) atoms. The molecule has 1 aliphatic rings. The van der Waals surface area contributed by atoms with Crippen LogP contribution in [0.2, 0.25) is 5.02 Å². The largest absolute Gasteiger partial charge is 0.337 e. The van der Waals surface area contributed by atoms with Gasteiger partial charge in [-0.2, -0.15) is 0 Å². The number of sulfonamides is 1. The van der Waals surface area contributed by atoms with Gasteiger partial charge in [0.1, 0.15) is 18.7 Å². The normalized spacial score (nSPS) is 13.3. The van der Waals surface area contributed by atoms with E-state index in [-0.39, 0.29) is 23.2 Å². The minimum atomic E-state index is -3.81. The Labute approximate surface area is 189 Å². The molecule has 0 bridgehead atoms. The van der Waals surface area contributed by atoms with E-state index in [1.807, 2.05) is 29.0 Å². The predicted molar refractivity (Wildman–Crippen MR) is 120 cm³/mol. The van der Waals surface area contributed by atoms with E-state index in [1.165, 1.54) is 24.7 Å². The summed E-state index contributed by atoms with van der Waals surface area (Å²) in [4.78, 5) is 22.5. The standard InChI is InChI=1S/C22H18ClN5O3S/c23-19-3-1-2-15-7-9-27(22(15)19)13-21(29)28-11-16-4-5-18(10-17(16)12-28)32(30,31)26-20-6-8-24-14-25-20/h1-10,14H,11-13H2,(H,24,25,26). The number of para-hydroxylation sites is 1. The summed E-state index contributed by atoms with van der Waals surface area (Å²) >= 11 is 6.32. The first kappa shape index (κ1) is 20.5. The number of halogens is 1. The summed E-state index contributed by atoms with van der Waals surface area (Å²) in [6, 6.07) is 13.9. The topological polar surface area (TPSA) is 97.2 Å². The molecule has 0 radical (unpaired) electrons. The van der Waals surface area contributed by atoms with Crippen LogP contribution in [0.1, 0.15) is 11.1 Å². The number of amides is 1. The quantitative estimate of drug-likeness (QED) is 0.485. The lowest BCUT2D eigenvalue weighted by molar-refractivity contribution is -0.132. The van der Waals surface area contributed by atoms with Gasteiger partial charge in [0.2, 0.25) is 5.91 Å². The van der Waals surface area contributed by atoms with Crippen molar-refractivity contribution in [3.05, 3.63) is 83.4 Å². The fraction of sp³-hybridized carbons (Fsp3) is 0.136. The molecule has 0 saturated carbocycles. The molecular formula is C22H18ClN5O3S. The van der Waals surface area contributed by atoms with Crippen LogP contribution in [0.3, 0.4) is 0 Å². The maximum atomic E-state index is 13.0. The van der Waals surface area contributed by atoms with Crippen LogP contribution in [0.25, 0.3) is 10.9 Å². The first-order valence-corrected chi connectivity index (χ1v) is 11.7. The van der Waals surface area contributed by atoms with Gasteiger partial charge < -0.3 is 9.47 Å². The van der Waals surface area contributed by atoms with Gasteiger partial charge in [0.25, 0.3) is 10.0 Å². The van der Waals surface area contributed by atoms with E-state index in [0.717, 1.165) is 22.0 Å². The van der Waals surface area contributed by atoms with Crippen molar-refractivity contribution in [2.45, 2.75) is 24.5 Å². The number of aromatic nitrogens is 3. The Morgan fingerprint density at radius 1 is 1.09 bits per heavy atom. The van der Waals surface area contributed by atoms with Gasteiger partial charge >= 0.3 is 0 Å². The minimum Gasteiger partial charge on any atom is -0.337 e. The van der Waals surface area contributed by atoms with E-state index in [2.05, 4.69) is 14.7 Å². The highest BCUT2D eigenvalue weighted by Crippen LogP contribution is 2.28. The Hall–Kier alpha value is -3.43. The summed E-state index contributed by atoms with van der Waals surface area (Å²) in [6.07, 6.45) is 4.57. The van der Waals surface area contributed by atoms with E-state index in [9.17, 15) is 13.2 Å². The predicted octanol–water partition coefficient (Wildman–Crippen LogP) is 3.43. The van der Waals surface area contributed by atoms with Crippen molar-refractivity contribution in [3.8, 4) is 0 Å². The third-order valence-electron chi connectivity index (χ3n) is 5.43. The van der Waals surface area contributed by atoms with Gasteiger partial charge in [-0.1, -0.05) is 29.8 Å². The maximum absolute atomic E-state index is 13.0. The van der Waals surface area contributed by atoms with Gasteiger partial charge in [-0.3, -0.25) is 9.52 Å². The second kappa shape index (κ2) is 7.92. The molecule has 1 N–H and O–H groups in total. The van der Waals surface area contributed by atoms with Crippen LogP contribution in [-0.4, -0.2) is 33.8 Å². The number of fused-ring (bicyclic) bond motifs is 2. The van der Waals surface area contributed by atoms with Crippen LogP contribution in [0.15, 0.2) is 72.1 Å². The number of carbonyl (C=O) groups is 1. The number of nitrogens with zero attached hydrogens (tertiary/aromatic N) is 4. The van der Waals surface area contributed by atoms with Gasteiger partial charge in [0.15, 0.2) is 0 Å². The number of hydrogen-bond acceptors (Lipinski definition) is 5. The molecule has 0 spiro atoms. The molecule has 1 aliphatic heterocycles. The van der Waals surface area contributed by atoms with Crippen molar-refractivity contribution in [2.75, 3.05) is 4.72 Å². The average Bonchev–Trinajstić information content (AvgIpc) is 3.38. The van der Waals surface area contributed by atoms with E-state index >= 15 is 0 Å². The second-order valence-electron chi connectivity index (χ2n) is 7.50. The smallest absolute Gasteiger partial charge is 0.263 e. The summed E-state index contributed by atoms with van der Waals surface area (Å²) < 4.78 is 29.7. The summed E-state index contributed by atoms with van der Waals surface area (Å²) in [5, 5.41) is 1.57. The Kier molecular flexibility index (Phi) is 5.07. The summed E-state index contributed by atoms with van der Waals surface area (Å²) in [6.45, 7) is 0.931. The molecule has 2 aromatic carbocycles. The SMILES string of the molecule is O=C(Cn1ccc2cccc(Cl)c21)N1Cc2ccc(S(=O)(=O)Nc3ccncn3)cc2C1. The number of benzene rings is 2. The Bertz CT molecular complexity index is 1440. The van der Waals surface area contributed by atoms with Crippen LogP contribution >= 0.6 is 11.6 Å². The third-order valence-corrected chi connectivity index (χ3v) is 7.09. The highest BCUT2D eigenvalue weighted by atomic mass is 35.5. The van der Waals surface area contributed by atoms with Crippen molar-refractivity contribution < 1.29 is 13.2 Å². The van der Waals surface area contributed by atoms with E-state index in [4.69, 9.17) is 11.6 Å². The highest BCUT2D eigenvalue weighted by Gasteiger charge is 2.26. The Morgan fingerprint density at radius 3 is 2.75 bits per heavy atom. The Balaban J connectivity index is 1.33. The molecule has 8 nitrogen and oxygen atoms in total. The summed E-state index contributed by atoms with van der Waals surface area (Å²) in [5.41, 5.74) is 2.55. The molecule has 0 unspecified atom stereocenters. The number of rotatable bonds is 5. The van der Waals surface area contributed by atoms with E-state index in [1.54, 1.807) is 23.1 Å². The molecule has 2 aromatic heterocycles. The van der Waals surface area contributed by atoms with Crippen molar-refractivity contribution >= 4 is 44.3 Å². The number of hydrogen-bond donors (Lipinski definition) is 1. The van der Waals surface area contributed by atoms with Gasteiger partial charge in [0.05, 0.1) is 15.4 Å². The Morgan fingerprint density at radius 2 is 1.94 bits per heavy atom. The molecule has 4 aromatic rings. The van der Waals surface area contributed by atoms with Crippen LogP contribution < -0.4 is 4.72 Å². The third kappa shape index (κ3) is 3.80. The van der Waals surface area contributed by atoms with Crippen molar-refractivity contribution in [2.24, 2.45) is 0 Å². The molecule has 0 aliphatic carbocycles. The first-order chi connectivity index (χ1) is 15.4. The van der Waals surface area contributed by atoms with Crippen molar-refractivity contribution in [1.29, 1.82) is 0 Å². The zero-order chi connectivity index (χ0) is 22.3. The first-order valence-electron chi connectivity index (χ1n) is 9.82. The monoisotopic (exact) mass is 467 g/mol. The fourth-order valence-electron chi connectivity index (χ4n) is 3.85. The van der Waals surface area contributed by atoms with E-state index < -0.39 is 10.0 Å². The van der Waals surface area contributed by atoms with Crippen LogP contribution in [0.4, 0.5) is 5.82 Å². The van der Waals surface area contributed by atoms with Gasteiger partial charge in [-0.05, 0) is 41.5 Å². The molecule has 0 atom stereocenters. The maximum Gasteiger partial charge on any atom is 0.263 e. The van der Waals surface area contributed by atoms with Gasteiger partial charge in [-0.25, -0.2) is 18.4 Å². The number of nitrogens with one attached hydrogen (secondary N) is 1. The van der Waals surface area contributed by atoms with Crippen molar-refractivity contribution in [1.82, 2.24) is 19.4 Å². The highest BCUT2D eigenvalue weighted by molar-refractivity contribution is 7.92. The average molecular weight is 468 g/mol. The van der Waals surface area contributed by atoms with Crippen molar-refractivity contribution in [3.63, 3.8) is 0 Å². The van der Waals surface area contributed by atoms with Crippen LogP contribution in [0.5, 0.6) is 0 Å². The fourth-order valence-corrected chi connectivity index (χ4v) is 5.20. The molecular weight excluding hydrogens is 450 g/mol. The molecule has 5 rings (SSSR count). The van der Waals surface area contributed by atoms with Gasteiger partial charge in [0, 0.05) is 30.9 Å². The number of anilines is 1.